The van der Waals surface area contributed by atoms with Crippen molar-refractivity contribution in [1.29, 1.82) is 0 Å². The van der Waals surface area contributed by atoms with E-state index in [1.54, 1.807) is 44.3 Å². The van der Waals surface area contributed by atoms with Gasteiger partial charge in [-0.2, -0.15) is 4.98 Å². The molecule has 6 nitrogen and oxygen atoms in total. The minimum Gasteiger partial charge on any atom is -0.484 e. The summed E-state index contributed by atoms with van der Waals surface area (Å²) in [5.41, 5.74) is 1.45. The topological polar surface area (TPSA) is 68.5 Å². The van der Waals surface area contributed by atoms with E-state index in [4.69, 9.17) is 9.26 Å². The molecule has 7 heteroatoms. The Morgan fingerprint density at radius 3 is 2.77 bits per heavy atom. The molecule has 0 saturated carbocycles. The van der Waals surface area contributed by atoms with Crippen LogP contribution < -0.4 is 4.74 Å². The molecular weight excluding hydrogens is 337 g/mol. The molecule has 0 saturated heterocycles. The Labute approximate surface area is 150 Å². The van der Waals surface area contributed by atoms with Crippen LogP contribution in [0.5, 0.6) is 5.75 Å². The van der Waals surface area contributed by atoms with Gasteiger partial charge in [0.2, 0.25) is 11.7 Å². The van der Waals surface area contributed by atoms with Crippen molar-refractivity contribution >= 4 is 5.91 Å². The molecule has 3 aromatic rings. The smallest absolute Gasteiger partial charge is 0.260 e. The monoisotopic (exact) mass is 355 g/mol. The largest absolute Gasteiger partial charge is 0.484 e. The van der Waals surface area contributed by atoms with E-state index in [-0.39, 0.29) is 18.3 Å². The zero-order valence-corrected chi connectivity index (χ0v) is 14.5. The summed E-state index contributed by atoms with van der Waals surface area (Å²) < 4.78 is 23.8. The SMILES string of the molecule is Cc1nc(-c2cccc(OCC(=O)N(C)Cc3cccc(F)c3)c2)no1. The molecule has 0 fully saturated rings. The highest BCUT2D eigenvalue weighted by Crippen LogP contribution is 2.21. The van der Waals surface area contributed by atoms with E-state index in [0.717, 1.165) is 11.1 Å². The lowest BCUT2D eigenvalue weighted by Crippen LogP contribution is -2.31. The zero-order chi connectivity index (χ0) is 18.5. The number of hydrogen-bond acceptors (Lipinski definition) is 5. The standard InChI is InChI=1S/C19H18FN3O3/c1-13-21-19(22-26-13)15-6-4-8-17(10-15)25-12-18(24)23(2)11-14-5-3-7-16(20)9-14/h3-10H,11-12H2,1-2H3. The number of amides is 1. The van der Waals surface area contributed by atoms with Crippen LogP contribution in [0.4, 0.5) is 4.39 Å². The maximum absolute atomic E-state index is 13.2. The molecule has 1 aromatic heterocycles. The van der Waals surface area contributed by atoms with Crippen molar-refractivity contribution in [2.24, 2.45) is 0 Å². The molecule has 0 unspecified atom stereocenters. The van der Waals surface area contributed by atoms with E-state index in [2.05, 4.69) is 10.1 Å². The second kappa shape index (κ2) is 7.77. The first-order chi connectivity index (χ1) is 12.5. The first kappa shape index (κ1) is 17.6. The second-order valence-electron chi connectivity index (χ2n) is 5.83. The number of hydrogen-bond donors (Lipinski definition) is 0. The van der Waals surface area contributed by atoms with Crippen LogP contribution in [0.3, 0.4) is 0 Å². The maximum atomic E-state index is 13.2. The van der Waals surface area contributed by atoms with Gasteiger partial charge in [0.25, 0.3) is 5.91 Å². The molecule has 0 atom stereocenters. The zero-order valence-electron chi connectivity index (χ0n) is 14.5. The Morgan fingerprint density at radius 2 is 2.04 bits per heavy atom. The van der Waals surface area contributed by atoms with Gasteiger partial charge in [0.15, 0.2) is 6.61 Å². The van der Waals surface area contributed by atoms with Gasteiger partial charge < -0.3 is 14.2 Å². The normalized spacial score (nSPS) is 10.6. The van der Waals surface area contributed by atoms with E-state index in [1.807, 2.05) is 6.07 Å². The van der Waals surface area contributed by atoms with Gasteiger partial charge in [0.1, 0.15) is 11.6 Å². The lowest BCUT2D eigenvalue weighted by atomic mass is 10.2. The van der Waals surface area contributed by atoms with Crippen molar-refractivity contribution in [2.45, 2.75) is 13.5 Å². The van der Waals surface area contributed by atoms with Crippen LogP contribution in [0.2, 0.25) is 0 Å². The number of carbonyl (C=O) groups excluding carboxylic acids is 1. The minimum absolute atomic E-state index is 0.124. The van der Waals surface area contributed by atoms with Gasteiger partial charge in [-0.3, -0.25) is 4.79 Å². The number of halogens is 1. The molecule has 2 aromatic carbocycles. The fraction of sp³-hybridized carbons (Fsp3) is 0.211. The van der Waals surface area contributed by atoms with Gasteiger partial charge >= 0.3 is 0 Å². The lowest BCUT2D eigenvalue weighted by Gasteiger charge is -2.17. The van der Waals surface area contributed by atoms with Crippen molar-refractivity contribution in [3.8, 4) is 17.1 Å². The minimum atomic E-state index is -0.326. The van der Waals surface area contributed by atoms with Crippen LogP contribution in [0, 0.1) is 12.7 Å². The molecule has 0 spiro atoms. The molecular formula is C19H18FN3O3. The predicted molar refractivity (Wildman–Crippen MR) is 92.8 cm³/mol. The summed E-state index contributed by atoms with van der Waals surface area (Å²) in [5.74, 6) is 0.920. The summed E-state index contributed by atoms with van der Waals surface area (Å²) >= 11 is 0. The highest BCUT2D eigenvalue weighted by atomic mass is 19.1. The Morgan fingerprint density at radius 1 is 1.23 bits per heavy atom. The van der Waals surface area contributed by atoms with Crippen LogP contribution in [-0.4, -0.2) is 34.6 Å². The number of nitrogens with zero attached hydrogens (tertiary/aromatic N) is 3. The first-order valence-electron chi connectivity index (χ1n) is 8.03. The summed E-state index contributed by atoms with van der Waals surface area (Å²) in [6.45, 7) is 1.90. The van der Waals surface area contributed by atoms with Gasteiger partial charge in [0.05, 0.1) is 0 Å². The van der Waals surface area contributed by atoms with Crippen molar-refractivity contribution < 1.29 is 18.4 Å². The van der Waals surface area contributed by atoms with Gasteiger partial charge in [-0.25, -0.2) is 4.39 Å². The van der Waals surface area contributed by atoms with Crippen LogP contribution in [0.15, 0.2) is 53.1 Å². The molecule has 1 amide bonds. The van der Waals surface area contributed by atoms with Crippen molar-refractivity contribution in [3.63, 3.8) is 0 Å². The van der Waals surface area contributed by atoms with Gasteiger partial charge in [-0.15, -0.1) is 0 Å². The third kappa shape index (κ3) is 4.44. The molecule has 3 rings (SSSR count). The van der Waals surface area contributed by atoms with Crippen molar-refractivity contribution in [3.05, 3.63) is 65.8 Å². The van der Waals surface area contributed by atoms with Crippen LogP contribution in [-0.2, 0) is 11.3 Å². The summed E-state index contributed by atoms with van der Waals surface area (Å²) in [6.07, 6.45) is 0. The molecule has 0 N–H and O–H groups in total. The number of likely N-dealkylation sites (N-methyl/N-ethyl adjacent to an activating group) is 1. The number of carbonyl (C=O) groups is 1. The fourth-order valence-corrected chi connectivity index (χ4v) is 2.39. The molecule has 0 aliphatic rings. The Kier molecular flexibility index (Phi) is 5.26. The summed E-state index contributed by atoms with van der Waals surface area (Å²) in [5, 5.41) is 3.86. The number of benzene rings is 2. The number of aryl methyl sites for hydroxylation is 1. The fourth-order valence-electron chi connectivity index (χ4n) is 2.39. The Balaban J connectivity index is 1.59. The third-order valence-corrected chi connectivity index (χ3v) is 3.72. The van der Waals surface area contributed by atoms with Crippen molar-refractivity contribution in [1.82, 2.24) is 15.0 Å². The number of rotatable bonds is 6. The molecule has 0 radical (unpaired) electrons. The van der Waals surface area contributed by atoms with Gasteiger partial charge in [-0.05, 0) is 29.8 Å². The average molecular weight is 355 g/mol. The molecule has 26 heavy (non-hydrogen) atoms. The molecule has 0 bridgehead atoms. The van der Waals surface area contributed by atoms with Crippen LogP contribution >= 0.6 is 0 Å². The number of aromatic nitrogens is 2. The second-order valence-corrected chi connectivity index (χ2v) is 5.83. The highest BCUT2D eigenvalue weighted by Gasteiger charge is 2.12. The predicted octanol–water partition coefficient (Wildman–Crippen LogP) is 3.22. The Hall–Kier alpha value is -3.22. The first-order valence-corrected chi connectivity index (χ1v) is 8.03. The summed E-state index contributed by atoms with van der Waals surface area (Å²) in [7, 11) is 1.65. The number of ether oxygens (including phenoxy) is 1. The lowest BCUT2D eigenvalue weighted by molar-refractivity contribution is -0.132. The van der Waals surface area contributed by atoms with Crippen molar-refractivity contribution in [2.75, 3.05) is 13.7 Å². The third-order valence-electron chi connectivity index (χ3n) is 3.72. The quantitative estimate of drug-likeness (QED) is 0.679. The Bertz CT molecular complexity index is 910. The summed E-state index contributed by atoms with van der Waals surface area (Å²) in [6, 6.07) is 13.3. The van der Waals surface area contributed by atoms with E-state index < -0.39 is 0 Å². The molecule has 0 aliphatic heterocycles. The highest BCUT2D eigenvalue weighted by molar-refractivity contribution is 5.77. The van der Waals surface area contributed by atoms with E-state index in [1.165, 1.54) is 17.0 Å². The molecule has 0 aliphatic carbocycles. The van der Waals surface area contributed by atoms with Gasteiger partial charge in [-0.1, -0.05) is 29.4 Å². The summed E-state index contributed by atoms with van der Waals surface area (Å²) in [4.78, 5) is 17.9. The van der Waals surface area contributed by atoms with Crippen LogP contribution in [0.1, 0.15) is 11.5 Å². The molecule has 1 heterocycles. The molecule has 134 valence electrons. The van der Waals surface area contributed by atoms with Crippen LogP contribution in [0.25, 0.3) is 11.4 Å². The van der Waals surface area contributed by atoms with Gasteiger partial charge in [0, 0.05) is 26.1 Å². The van der Waals surface area contributed by atoms with E-state index >= 15 is 0 Å². The van der Waals surface area contributed by atoms with E-state index in [0.29, 0.717) is 24.0 Å². The maximum Gasteiger partial charge on any atom is 0.260 e. The average Bonchev–Trinajstić information content (AvgIpc) is 3.06. The van der Waals surface area contributed by atoms with E-state index in [9.17, 15) is 9.18 Å².